The topological polar surface area (TPSA) is 29.9 Å². The maximum absolute atomic E-state index is 13.1. The van der Waals surface area contributed by atoms with Gasteiger partial charge in [0.15, 0.2) is 0 Å². The normalized spacial score (nSPS) is 15.0. The van der Waals surface area contributed by atoms with Gasteiger partial charge in [-0.3, -0.25) is 0 Å². The number of alkyl halides is 3. The van der Waals surface area contributed by atoms with Gasteiger partial charge in [-0.25, -0.2) is 4.68 Å². The number of halogens is 3. The molecule has 0 bridgehead atoms. The molecule has 2 aromatic rings. The fourth-order valence-electron chi connectivity index (χ4n) is 3.53. The van der Waals surface area contributed by atoms with E-state index >= 15 is 0 Å². The summed E-state index contributed by atoms with van der Waals surface area (Å²) in [5.41, 5.74) is 2.01. The number of nitrogens with one attached hydrogen (secondary N) is 1. The first kappa shape index (κ1) is 17.8. The monoisotopic (exact) mass is 351 g/mol. The van der Waals surface area contributed by atoms with Crippen LogP contribution in [0.4, 0.5) is 19.0 Å². The highest BCUT2D eigenvalue weighted by Crippen LogP contribution is 2.36. The highest BCUT2D eigenvalue weighted by Gasteiger charge is 2.31. The van der Waals surface area contributed by atoms with Gasteiger partial charge in [0.25, 0.3) is 0 Å². The maximum Gasteiger partial charge on any atom is 0.416 e. The second kappa shape index (κ2) is 7.10. The number of hydrogen-bond donors (Lipinski definition) is 1. The second-order valence-electron chi connectivity index (χ2n) is 6.57. The molecule has 3 nitrogen and oxygen atoms in total. The van der Waals surface area contributed by atoms with Crippen LogP contribution < -0.4 is 5.32 Å². The molecule has 2 heterocycles. The van der Waals surface area contributed by atoms with E-state index < -0.39 is 11.7 Å². The molecular formula is C19H24F3N3. The Balaban J connectivity index is 2.13. The van der Waals surface area contributed by atoms with Gasteiger partial charge in [-0.05, 0) is 50.3 Å². The Kier molecular flexibility index (Phi) is 5.06. The Hall–Kier alpha value is -1.98. The van der Waals surface area contributed by atoms with Gasteiger partial charge >= 0.3 is 6.18 Å². The molecule has 0 aliphatic carbocycles. The van der Waals surface area contributed by atoms with Gasteiger partial charge in [0.2, 0.25) is 0 Å². The third-order valence-corrected chi connectivity index (χ3v) is 4.95. The van der Waals surface area contributed by atoms with E-state index in [0.717, 1.165) is 56.2 Å². The van der Waals surface area contributed by atoms with Crippen LogP contribution in [-0.4, -0.2) is 16.3 Å². The minimum absolute atomic E-state index is 0.334. The van der Waals surface area contributed by atoms with E-state index in [9.17, 15) is 13.2 Å². The van der Waals surface area contributed by atoms with Crippen molar-refractivity contribution in [3.05, 3.63) is 41.1 Å². The predicted molar refractivity (Wildman–Crippen MR) is 93.3 cm³/mol. The number of fused-ring (bicyclic) bond motifs is 1. The van der Waals surface area contributed by atoms with Crippen LogP contribution >= 0.6 is 0 Å². The van der Waals surface area contributed by atoms with Crippen LogP contribution in [0.3, 0.4) is 0 Å². The summed E-state index contributed by atoms with van der Waals surface area (Å²) in [5.74, 6) is 1.19. The van der Waals surface area contributed by atoms with Crippen molar-refractivity contribution in [2.24, 2.45) is 0 Å². The van der Waals surface area contributed by atoms with Crippen molar-refractivity contribution in [1.82, 2.24) is 9.78 Å². The molecule has 1 aromatic carbocycles. The van der Waals surface area contributed by atoms with E-state index in [1.807, 2.05) is 0 Å². The molecule has 0 unspecified atom stereocenters. The van der Waals surface area contributed by atoms with Gasteiger partial charge in [0, 0.05) is 18.0 Å². The summed E-state index contributed by atoms with van der Waals surface area (Å²) >= 11 is 0. The Labute approximate surface area is 146 Å². The molecule has 6 heteroatoms. The zero-order valence-electron chi connectivity index (χ0n) is 14.7. The van der Waals surface area contributed by atoms with Crippen LogP contribution in [0.2, 0.25) is 0 Å². The molecule has 136 valence electrons. The largest absolute Gasteiger partial charge is 0.416 e. The van der Waals surface area contributed by atoms with Gasteiger partial charge in [0.05, 0.1) is 16.9 Å². The minimum atomic E-state index is -4.36. The number of nitrogens with zero attached hydrogens (tertiary/aromatic N) is 2. The molecular weight excluding hydrogens is 327 g/mol. The number of aromatic nitrogens is 2. The van der Waals surface area contributed by atoms with Crippen LogP contribution in [0.1, 0.15) is 62.3 Å². The summed E-state index contributed by atoms with van der Waals surface area (Å²) in [6.07, 6.45) is 0.644. The molecule has 0 atom stereocenters. The van der Waals surface area contributed by atoms with Crippen molar-refractivity contribution in [2.75, 3.05) is 11.9 Å². The van der Waals surface area contributed by atoms with Gasteiger partial charge < -0.3 is 5.32 Å². The molecule has 0 radical (unpaired) electrons. The van der Waals surface area contributed by atoms with E-state index in [-0.39, 0.29) is 0 Å². The molecule has 1 aliphatic rings. The summed E-state index contributed by atoms with van der Waals surface area (Å²) < 4.78 is 40.9. The standard InChI is InChI=1S/C19H24F3N3/c1-3-13(4-2)17-16-10-5-6-11-23-18(16)25(24-17)15-9-7-8-14(12-15)19(20,21)22/h7-9,12-13,23H,3-6,10-11H2,1-2H3. The lowest BCUT2D eigenvalue weighted by molar-refractivity contribution is -0.137. The molecule has 1 aliphatic heterocycles. The molecule has 0 fully saturated rings. The Morgan fingerprint density at radius 3 is 2.64 bits per heavy atom. The van der Waals surface area contributed by atoms with Crippen LogP contribution in [0.5, 0.6) is 0 Å². The van der Waals surface area contributed by atoms with E-state index in [1.165, 1.54) is 17.7 Å². The quantitative estimate of drug-likeness (QED) is 0.783. The minimum Gasteiger partial charge on any atom is -0.370 e. The summed E-state index contributed by atoms with van der Waals surface area (Å²) in [5, 5.41) is 8.15. The zero-order chi connectivity index (χ0) is 18.0. The average Bonchev–Trinajstić information content (AvgIpc) is 2.78. The van der Waals surface area contributed by atoms with Crippen molar-refractivity contribution >= 4 is 5.82 Å². The molecule has 1 N–H and O–H groups in total. The number of hydrogen-bond acceptors (Lipinski definition) is 2. The van der Waals surface area contributed by atoms with Crippen LogP contribution in [0.25, 0.3) is 5.69 Å². The molecule has 0 amide bonds. The van der Waals surface area contributed by atoms with Crippen LogP contribution in [0, 0.1) is 0 Å². The number of benzene rings is 1. The first-order chi connectivity index (χ1) is 12.0. The van der Waals surface area contributed by atoms with Gasteiger partial charge in [-0.15, -0.1) is 0 Å². The van der Waals surface area contributed by atoms with E-state index in [2.05, 4.69) is 19.2 Å². The number of anilines is 1. The van der Waals surface area contributed by atoms with E-state index in [1.54, 1.807) is 10.7 Å². The summed E-state index contributed by atoms with van der Waals surface area (Å²) in [7, 11) is 0. The fraction of sp³-hybridized carbons (Fsp3) is 0.526. The van der Waals surface area contributed by atoms with Gasteiger partial charge in [0.1, 0.15) is 5.82 Å². The van der Waals surface area contributed by atoms with Gasteiger partial charge in [-0.1, -0.05) is 19.9 Å². The third-order valence-electron chi connectivity index (χ3n) is 4.95. The van der Waals surface area contributed by atoms with Crippen molar-refractivity contribution in [3.8, 4) is 5.69 Å². The summed E-state index contributed by atoms with van der Waals surface area (Å²) in [6.45, 7) is 5.09. The lowest BCUT2D eigenvalue weighted by Gasteiger charge is -2.12. The third kappa shape index (κ3) is 3.53. The number of rotatable bonds is 4. The highest BCUT2D eigenvalue weighted by atomic mass is 19.4. The average molecular weight is 351 g/mol. The van der Waals surface area contributed by atoms with Crippen LogP contribution in [-0.2, 0) is 12.6 Å². The Morgan fingerprint density at radius 2 is 1.96 bits per heavy atom. The first-order valence-electron chi connectivity index (χ1n) is 8.99. The zero-order valence-corrected chi connectivity index (χ0v) is 14.7. The molecule has 0 saturated heterocycles. The van der Waals surface area contributed by atoms with E-state index in [4.69, 9.17) is 5.10 Å². The van der Waals surface area contributed by atoms with Crippen molar-refractivity contribution in [2.45, 2.75) is 58.0 Å². The SMILES string of the molecule is CCC(CC)c1nn(-c2cccc(C(F)(F)F)c2)c2c1CCCCN2. The predicted octanol–water partition coefficient (Wildman–Crippen LogP) is 5.54. The van der Waals surface area contributed by atoms with E-state index in [0.29, 0.717) is 11.6 Å². The Bertz CT molecular complexity index is 730. The Morgan fingerprint density at radius 1 is 1.20 bits per heavy atom. The van der Waals surface area contributed by atoms with Gasteiger partial charge in [-0.2, -0.15) is 18.3 Å². The van der Waals surface area contributed by atoms with Crippen molar-refractivity contribution in [3.63, 3.8) is 0 Å². The van der Waals surface area contributed by atoms with Crippen LogP contribution in [0.15, 0.2) is 24.3 Å². The highest BCUT2D eigenvalue weighted by molar-refractivity contribution is 5.55. The summed E-state index contributed by atoms with van der Waals surface area (Å²) in [4.78, 5) is 0. The second-order valence-corrected chi connectivity index (χ2v) is 6.57. The molecule has 3 rings (SSSR count). The van der Waals surface area contributed by atoms with Crippen molar-refractivity contribution in [1.29, 1.82) is 0 Å². The lowest BCUT2D eigenvalue weighted by atomic mass is 9.94. The first-order valence-corrected chi connectivity index (χ1v) is 8.99. The maximum atomic E-state index is 13.1. The van der Waals surface area contributed by atoms with Crippen molar-refractivity contribution < 1.29 is 13.2 Å². The summed E-state index contributed by atoms with van der Waals surface area (Å²) in [6, 6.07) is 5.41. The molecule has 25 heavy (non-hydrogen) atoms. The smallest absolute Gasteiger partial charge is 0.370 e. The lowest BCUT2D eigenvalue weighted by Crippen LogP contribution is -2.10. The fourth-order valence-corrected chi connectivity index (χ4v) is 3.53. The molecule has 0 spiro atoms. The molecule has 1 aromatic heterocycles. The molecule has 0 saturated carbocycles.